The molecule has 90 valence electrons. The van der Waals surface area contributed by atoms with Crippen molar-refractivity contribution >= 4 is 5.69 Å². The van der Waals surface area contributed by atoms with E-state index < -0.39 is 0 Å². The monoisotopic (exact) mass is 232 g/mol. The van der Waals surface area contributed by atoms with Crippen molar-refractivity contribution in [3.63, 3.8) is 0 Å². The number of rotatable bonds is 5. The van der Waals surface area contributed by atoms with Gasteiger partial charge in [0.05, 0.1) is 4.92 Å². The Morgan fingerprint density at radius 3 is 2.88 bits per heavy atom. The molecule has 1 aromatic carbocycles. The van der Waals surface area contributed by atoms with Gasteiger partial charge in [0, 0.05) is 30.6 Å². The van der Waals surface area contributed by atoms with E-state index in [1.807, 2.05) is 13.0 Å². The van der Waals surface area contributed by atoms with E-state index in [1.165, 1.54) is 6.07 Å². The Morgan fingerprint density at radius 1 is 1.59 bits per heavy atom. The summed E-state index contributed by atoms with van der Waals surface area (Å²) in [4.78, 5) is 10.4. The van der Waals surface area contributed by atoms with Crippen molar-refractivity contribution in [1.82, 2.24) is 5.32 Å². The molecule has 0 heterocycles. The first kappa shape index (κ1) is 13.2. The number of nitro groups is 1. The molecule has 0 amide bonds. The van der Waals surface area contributed by atoms with Gasteiger partial charge in [0.25, 0.3) is 5.69 Å². The molecular formula is C13H16N2O2. The van der Waals surface area contributed by atoms with E-state index in [-0.39, 0.29) is 16.7 Å². The maximum atomic E-state index is 10.8. The summed E-state index contributed by atoms with van der Waals surface area (Å²) in [6.45, 7) is 4.35. The number of nitro benzene ring substituents is 1. The van der Waals surface area contributed by atoms with Gasteiger partial charge in [-0.2, -0.15) is 0 Å². The fourth-order valence-corrected chi connectivity index (χ4v) is 1.59. The second-order valence-corrected chi connectivity index (χ2v) is 4.01. The Balaban J connectivity index is 2.76. The fourth-order valence-electron chi connectivity index (χ4n) is 1.59. The van der Waals surface area contributed by atoms with Gasteiger partial charge < -0.3 is 5.32 Å². The first-order valence-electron chi connectivity index (χ1n) is 5.46. The second kappa shape index (κ2) is 6.02. The van der Waals surface area contributed by atoms with Gasteiger partial charge in [-0.05, 0) is 19.4 Å². The molecule has 0 aromatic heterocycles. The molecule has 1 N–H and O–H groups in total. The molecule has 0 spiro atoms. The molecule has 1 unspecified atom stereocenters. The summed E-state index contributed by atoms with van der Waals surface area (Å²) < 4.78 is 0. The van der Waals surface area contributed by atoms with E-state index in [4.69, 9.17) is 6.42 Å². The third-order valence-corrected chi connectivity index (χ3v) is 2.68. The topological polar surface area (TPSA) is 55.2 Å². The zero-order valence-corrected chi connectivity index (χ0v) is 10.1. The normalized spacial score (nSPS) is 11.8. The second-order valence-electron chi connectivity index (χ2n) is 4.01. The first-order chi connectivity index (χ1) is 8.06. The first-order valence-corrected chi connectivity index (χ1v) is 5.46. The lowest BCUT2D eigenvalue weighted by atomic mass is 10.1. The van der Waals surface area contributed by atoms with Crippen molar-refractivity contribution in [1.29, 1.82) is 0 Å². The van der Waals surface area contributed by atoms with Gasteiger partial charge >= 0.3 is 0 Å². The summed E-state index contributed by atoms with van der Waals surface area (Å²) >= 11 is 0. The third-order valence-electron chi connectivity index (χ3n) is 2.68. The summed E-state index contributed by atoms with van der Waals surface area (Å²) in [7, 11) is 0. The van der Waals surface area contributed by atoms with Gasteiger partial charge in [0.2, 0.25) is 0 Å². The summed E-state index contributed by atoms with van der Waals surface area (Å²) in [5.41, 5.74) is 1.80. The van der Waals surface area contributed by atoms with Crippen LogP contribution in [0.15, 0.2) is 18.2 Å². The minimum absolute atomic E-state index is 0.161. The van der Waals surface area contributed by atoms with Crippen molar-refractivity contribution in [3.8, 4) is 12.3 Å². The van der Waals surface area contributed by atoms with E-state index in [0.29, 0.717) is 18.5 Å². The van der Waals surface area contributed by atoms with E-state index in [0.717, 1.165) is 5.56 Å². The van der Waals surface area contributed by atoms with Crippen molar-refractivity contribution in [2.24, 2.45) is 0 Å². The van der Waals surface area contributed by atoms with Crippen LogP contribution in [-0.4, -0.2) is 11.0 Å². The molecule has 0 fully saturated rings. The maximum Gasteiger partial charge on any atom is 0.272 e. The molecule has 1 rings (SSSR count). The van der Waals surface area contributed by atoms with Crippen LogP contribution in [0.25, 0.3) is 0 Å². The summed E-state index contributed by atoms with van der Waals surface area (Å²) in [5, 5.41) is 14.0. The largest absolute Gasteiger partial charge is 0.309 e. The third kappa shape index (κ3) is 3.58. The highest BCUT2D eigenvalue weighted by Gasteiger charge is 2.13. The standard InChI is InChI=1S/C13H16N2O2/c1-4-6-10(2)14-9-12-7-5-8-13(11(12)3)15(16)17/h1,5,7-8,10,14H,6,9H2,2-3H3. The molecule has 0 aliphatic heterocycles. The molecule has 0 bridgehead atoms. The van der Waals surface area contributed by atoms with Crippen molar-refractivity contribution in [3.05, 3.63) is 39.4 Å². The highest BCUT2D eigenvalue weighted by molar-refractivity contribution is 5.44. The molecule has 17 heavy (non-hydrogen) atoms. The Morgan fingerprint density at radius 2 is 2.29 bits per heavy atom. The fraction of sp³-hybridized carbons (Fsp3) is 0.385. The number of hydrogen-bond acceptors (Lipinski definition) is 3. The van der Waals surface area contributed by atoms with E-state index in [2.05, 4.69) is 11.2 Å². The van der Waals surface area contributed by atoms with Gasteiger partial charge in [-0.3, -0.25) is 10.1 Å². The molecule has 0 saturated carbocycles. The predicted molar refractivity (Wildman–Crippen MR) is 67.6 cm³/mol. The lowest BCUT2D eigenvalue weighted by molar-refractivity contribution is -0.385. The van der Waals surface area contributed by atoms with Crippen LogP contribution in [0.4, 0.5) is 5.69 Å². The molecular weight excluding hydrogens is 216 g/mol. The van der Waals surface area contributed by atoms with Crippen molar-refractivity contribution in [2.45, 2.75) is 32.9 Å². The molecule has 0 radical (unpaired) electrons. The summed E-state index contributed by atoms with van der Waals surface area (Å²) in [6, 6.07) is 5.31. The van der Waals surface area contributed by atoms with Gasteiger partial charge in [0.1, 0.15) is 0 Å². The molecule has 4 heteroatoms. The summed E-state index contributed by atoms with van der Waals surface area (Å²) in [6.07, 6.45) is 5.86. The lowest BCUT2D eigenvalue weighted by Crippen LogP contribution is -2.25. The number of nitrogens with zero attached hydrogens (tertiary/aromatic N) is 1. The van der Waals surface area contributed by atoms with Crippen molar-refractivity contribution in [2.75, 3.05) is 0 Å². The lowest BCUT2D eigenvalue weighted by Gasteiger charge is -2.12. The average molecular weight is 232 g/mol. The van der Waals surface area contributed by atoms with Gasteiger partial charge in [0.15, 0.2) is 0 Å². The molecule has 1 aromatic rings. The van der Waals surface area contributed by atoms with Gasteiger partial charge in [-0.15, -0.1) is 12.3 Å². The van der Waals surface area contributed by atoms with Crippen LogP contribution in [0.1, 0.15) is 24.5 Å². The Hall–Kier alpha value is -1.86. The zero-order chi connectivity index (χ0) is 12.8. The zero-order valence-electron chi connectivity index (χ0n) is 10.1. The van der Waals surface area contributed by atoms with Crippen LogP contribution in [0.3, 0.4) is 0 Å². The molecule has 4 nitrogen and oxygen atoms in total. The Kier molecular flexibility index (Phi) is 4.68. The molecule has 0 aliphatic rings. The molecule has 1 atom stereocenters. The van der Waals surface area contributed by atoms with E-state index in [1.54, 1.807) is 13.0 Å². The number of nitrogens with one attached hydrogen (secondary N) is 1. The van der Waals surface area contributed by atoms with E-state index in [9.17, 15) is 10.1 Å². The van der Waals surface area contributed by atoms with Crippen molar-refractivity contribution < 1.29 is 4.92 Å². The van der Waals surface area contributed by atoms with Crippen LogP contribution in [-0.2, 0) is 6.54 Å². The Labute approximate surface area is 101 Å². The van der Waals surface area contributed by atoms with Gasteiger partial charge in [-0.1, -0.05) is 12.1 Å². The smallest absolute Gasteiger partial charge is 0.272 e. The number of terminal acetylenes is 1. The van der Waals surface area contributed by atoms with E-state index >= 15 is 0 Å². The van der Waals surface area contributed by atoms with Crippen LogP contribution in [0.5, 0.6) is 0 Å². The van der Waals surface area contributed by atoms with Crippen LogP contribution in [0, 0.1) is 29.4 Å². The molecule has 0 saturated heterocycles. The molecule has 0 aliphatic carbocycles. The summed E-state index contributed by atoms with van der Waals surface area (Å²) in [5.74, 6) is 2.58. The maximum absolute atomic E-state index is 10.8. The quantitative estimate of drug-likeness (QED) is 0.482. The minimum Gasteiger partial charge on any atom is -0.309 e. The van der Waals surface area contributed by atoms with Crippen LogP contribution >= 0.6 is 0 Å². The SMILES string of the molecule is C#CCC(C)NCc1cccc([N+](=O)[O-])c1C. The minimum atomic E-state index is -0.357. The predicted octanol–water partition coefficient (Wildman–Crippen LogP) is 2.40. The van der Waals surface area contributed by atoms with Crippen LogP contribution < -0.4 is 5.32 Å². The average Bonchev–Trinajstić information content (AvgIpc) is 2.27. The van der Waals surface area contributed by atoms with Gasteiger partial charge in [-0.25, -0.2) is 0 Å². The Bertz CT molecular complexity index is 449. The number of hydrogen-bond donors (Lipinski definition) is 1. The van der Waals surface area contributed by atoms with Crippen LogP contribution in [0.2, 0.25) is 0 Å². The number of benzene rings is 1. The highest BCUT2D eigenvalue weighted by Crippen LogP contribution is 2.20. The highest BCUT2D eigenvalue weighted by atomic mass is 16.6.